The quantitative estimate of drug-likeness (QED) is 0.616. The molecule has 2 N–H and O–H groups in total. The third-order valence-electron chi connectivity index (χ3n) is 2.01. The number of carbonyl (C=O) groups excluding carboxylic acids is 3. The van der Waals surface area contributed by atoms with E-state index in [0.717, 1.165) is 5.56 Å². The highest BCUT2D eigenvalue weighted by atomic mass is 16.2. The fourth-order valence-electron chi connectivity index (χ4n) is 1.18. The lowest BCUT2D eigenvalue weighted by Gasteiger charge is -2.12. The highest BCUT2D eigenvalue weighted by molar-refractivity contribution is 6.03. The number of carbonyl (C=O) groups is 3. The Hall–Kier alpha value is -2.43. The van der Waals surface area contributed by atoms with E-state index in [-0.39, 0.29) is 6.54 Å². The molecule has 0 aromatic heterocycles. The van der Waals surface area contributed by atoms with E-state index in [2.05, 4.69) is 0 Å². The van der Waals surface area contributed by atoms with Crippen molar-refractivity contribution in [3.05, 3.63) is 42.0 Å². The van der Waals surface area contributed by atoms with Crippen molar-refractivity contribution in [2.75, 3.05) is 6.54 Å². The topological polar surface area (TPSA) is 80.5 Å². The standard InChI is InChI=1S/C12H12N2O3/c13-12(17)14(8-9-15)11(16)7-6-10-4-2-1-3-5-10/h1-7,9H,8H2,(H2,13,17). The summed E-state index contributed by atoms with van der Waals surface area (Å²) in [7, 11) is 0. The minimum atomic E-state index is -0.945. The van der Waals surface area contributed by atoms with Gasteiger partial charge in [-0.25, -0.2) is 4.79 Å². The first-order chi connectivity index (χ1) is 8.15. The molecule has 88 valence electrons. The van der Waals surface area contributed by atoms with Crippen molar-refractivity contribution in [3.8, 4) is 0 Å². The Balaban J connectivity index is 2.73. The molecule has 0 unspecified atom stereocenters. The molecule has 0 aliphatic heterocycles. The Morgan fingerprint density at radius 1 is 1.24 bits per heavy atom. The lowest BCUT2D eigenvalue weighted by atomic mass is 10.2. The van der Waals surface area contributed by atoms with Crippen LogP contribution in [0.4, 0.5) is 4.79 Å². The van der Waals surface area contributed by atoms with E-state index >= 15 is 0 Å². The third-order valence-corrected chi connectivity index (χ3v) is 2.01. The van der Waals surface area contributed by atoms with Crippen molar-refractivity contribution in [2.24, 2.45) is 5.73 Å². The molecule has 0 saturated carbocycles. The van der Waals surface area contributed by atoms with Gasteiger partial charge in [0.2, 0.25) is 0 Å². The first-order valence-corrected chi connectivity index (χ1v) is 4.93. The number of amides is 3. The molecular formula is C12H12N2O3. The summed E-state index contributed by atoms with van der Waals surface area (Å²) in [5.74, 6) is -0.617. The highest BCUT2D eigenvalue weighted by Gasteiger charge is 2.14. The molecule has 0 radical (unpaired) electrons. The zero-order valence-electron chi connectivity index (χ0n) is 9.08. The number of nitrogens with two attached hydrogens (primary N) is 1. The predicted molar refractivity (Wildman–Crippen MR) is 62.8 cm³/mol. The van der Waals surface area contributed by atoms with Crippen LogP contribution in [0.25, 0.3) is 6.08 Å². The van der Waals surface area contributed by atoms with Gasteiger partial charge < -0.3 is 10.5 Å². The summed E-state index contributed by atoms with van der Waals surface area (Å²) in [6.07, 6.45) is 3.19. The molecule has 0 fully saturated rings. The number of hydrogen-bond acceptors (Lipinski definition) is 3. The summed E-state index contributed by atoms with van der Waals surface area (Å²) in [5.41, 5.74) is 5.78. The van der Waals surface area contributed by atoms with Crippen LogP contribution in [0.2, 0.25) is 0 Å². The average molecular weight is 232 g/mol. The fraction of sp³-hybridized carbons (Fsp3) is 0.0833. The fourth-order valence-corrected chi connectivity index (χ4v) is 1.18. The SMILES string of the molecule is NC(=O)N(CC=O)C(=O)C=Cc1ccccc1. The maximum absolute atomic E-state index is 11.5. The number of primary amides is 1. The van der Waals surface area contributed by atoms with E-state index in [1.54, 1.807) is 18.2 Å². The van der Waals surface area contributed by atoms with Gasteiger partial charge in [-0.05, 0) is 11.6 Å². The van der Waals surface area contributed by atoms with Crippen molar-refractivity contribution >= 4 is 24.3 Å². The Labute approximate surface area is 98.5 Å². The van der Waals surface area contributed by atoms with E-state index in [1.165, 1.54) is 6.08 Å². The molecule has 0 atom stereocenters. The monoisotopic (exact) mass is 232 g/mol. The Morgan fingerprint density at radius 3 is 2.41 bits per heavy atom. The number of benzene rings is 1. The van der Waals surface area contributed by atoms with Gasteiger partial charge in [0.25, 0.3) is 5.91 Å². The Kier molecular flexibility index (Phi) is 4.62. The summed E-state index contributed by atoms with van der Waals surface area (Å²) in [5, 5.41) is 0. The van der Waals surface area contributed by atoms with E-state index in [9.17, 15) is 14.4 Å². The van der Waals surface area contributed by atoms with Crippen LogP contribution in [0.15, 0.2) is 36.4 Å². The van der Waals surface area contributed by atoms with Gasteiger partial charge in [-0.2, -0.15) is 0 Å². The maximum Gasteiger partial charge on any atom is 0.322 e. The molecule has 0 saturated heterocycles. The van der Waals surface area contributed by atoms with Crippen LogP contribution in [0.1, 0.15) is 5.56 Å². The molecule has 5 heteroatoms. The number of imide groups is 1. The van der Waals surface area contributed by atoms with Gasteiger partial charge in [-0.1, -0.05) is 30.3 Å². The molecule has 0 aliphatic rings. The van der Waals surface area contributed by atoms with Crippen LogP contribution in [-0.2, 0) is 9.59 Å². The summed E-state index contributed by atoms with van der Waals surface area (Å²) in [6.45, 7) is -0.340. The Bertz CT molecular complexity index is 440. The van der Waals surface area contributed by atoms with Gasteiger partial charge in [0.15, 0.2) is 0 Å². The number of aldehydes is 1. The van der Waals surface area contributed by atoms with Crippen LogP contribution in [0, 0.1) is 0 Å². The molecule has 17 heavy (non-hydrogen) atoms. The molecule has 1 aromatic rings. The van der Waals surface area contributed by atoms with Crippen LogP contribution in [-0.4, -0.2) is 29.7 Å². The summed E-state index contributed by atoms with van der Waals surface area (Å²) >= 11 is 0. The lowest BCUT2D eigenvalue weighted by Crippen LogP contribution is -2.40. The molecule has 0 aliphatic carbocycles. The normalized spacial score (nSPS) is 10.1. The molecule has 0 spiro atoms. The number of hydrogen-bond donors (Lipinski definition) is 1. The molecule has 5 nitrogen and oxygen atoms in total. The van der Waals surface area contributed by atoms with Gasteiger partial charge in [0, 0.05) is 6.08 Å². The van der Waals surface area contributed by atoms with Crippen LogP contribution < -0.4 is 5.73 Å². The van der Waals surface area contributed by atoms with Crippen LogP contribution >= 0.6 is 0 Å². The molecule has 0 heterocycles. The highest BCUT2D eigenvalue weighted by Crippen LogP contribution is 2.01. The van der Waals surface area contributed by atoms with Gasteiger partial charge in [0.1, 0.15) is 6.29 Å². The molecule has 1 aromatic carbocycles. The van der Waals surface area contributed by atoms with Gasteiger partial charge in [-0.3, -0.25) is 9.69 Å². The van der Waals surface area contributed by atoms with Crippen molar-refractivity contribution in [2.45, 2.75) is 0 Å². The summed E-state index contributed by atoms with van der Waals surface area (Å²) in [6, 6.07) is 8.15. The van der Waals surface area contributed by atoms with Gasteiger partial charge >= 0.3 is 6.03 Å². The van der Waals surface area contributed by atoms with Gasteiger partial charge in [0.05, 0.1) is 6.54 Å². The van der Waals surface area contributed by atoms with E-state index < -0.39 is 11.9 Å². The summed E-state index contributed by atoms with van der Waals surface area (Å²) < 4.78 is 0. The van der Waals surface area contributed by atoms with Crippen molar-refractivity contribution < 1.29 is 14.4 Å². The van der Waals surface area contributed by atoms with E-state index in [4.69, 9.17) is 5.73 Å². The first-order valence-electron chi connectivity index (χ1n) is 4.93. The van der Waals surface area contributed by atoms with Crippen molar-refractivity contribution in [3.63, 3.8) is 0 Å². The molecular weight excluding hydrogens is 220 g/mol. The number of nitrogens with zero attached hydrogens (tertiary/aromatic N) is 1. The molecule has 1 rings (SSSR count). The smallest absolute Gasteiger partial charge is 0.322 e. The number of urea groups is 1. The molecule has 3 amide bonds. The van der Waals surface area contributed by atoms with Gasteiger partial charge in [-0.15, -0.1) is 0 Å². The lowest BCUT2D eigenvalue weighted by molar-refractivity contribution is -0.125. The van der Waals surface area contributed by atoms with Crippen LogP contribution in [0.3, 0.4) is 0 Å². The summed E-state index contributed by atoms with van der Waals surface area (Å²) in [4.78, 5) is 33.3. The first kappa shape index (κ1) is 12.6. The minimum Gasteiger partial charge on any atom is -0.351 e. The second-order valence-electron chi connectivity index (χ2n) is 3.20. The number of rotatable bonds is 4. The third kappa shape index (κ3) is 3.90. The van der Waals surface area contributed by atoms with E-state index in [1.807, 2.05) is 18.2 Å². The average Bonchev–Trinajstić information content (AvgIpc) is 2.34. The predicted octanol–water partition coefficient (Wildman–Crippen LogP) is 0.806. The zero-order valence-corrected chi connectivity index (χ0v) is 9.08. The van der Waals surface area contributed by atoms with Crippen molar-refractivity contribution in [1.82, 2.24) is 4.90 Å². The van der Waals surface area contributed by atoms with E-state index in [0.29, 0.717) is 11.2 Å². The Morgan fingerprint density at radius 2 is 1.88 bits per heavy atom. The molecule has 0 bridgehead atoms. The maximum atomic E-state index is 11.5. The van der Waals surface area contributed by atoms with Crippen molar-refractivity contribution in [1.29, 1.82) is 0 Å². The second-order valence-corrected chi connectivity index (χ2v) is 3.20. The zero-order chi connectivity index (χ0) is 12.7. The minimum absolute atomic E-state index is 0.340. The second kappa shape index (κ2) is 6.22. The largest absolute Gasteiger partial charge is 0.351 e. The van der Waals surface area contributed by atoms with Crippen LogP contribution in [0.5, 0.6) is 0 Å².